The van der Waals surface area contributed by atoms with E-state index in [-0.39, 0.29) is 0 Å². The molecule has 2 fully saturated rings. The molecule has 0 aliphatic carbocycles. The van der Waals surface area contributed by atoms with Crippen molar-refractivity contribution in [3.8, 4) is 0 Å². The molecular weight excluding hydrogens is 258 g/mol. The number of anilines is 1. The third kappa shape index (κ3) is 3.08. The summed E-state index contributed by atoms with van der Waals surface area (Å²) in [5.41, 5.74) is 2.68. The Hall–Kier alpha value is -1.09. The van der Waals surface area contributed by atoms with E-state index in [1.807, 2.05) is 0 Å². The van der Waals surface area contributed by atoms with E-state index in [1.165, 1.54) is 68.8 Å². The van der Waals surface area contributed by atoms with Crippen molar-refractivity contribution >= 4 is 5.82 Å². The van der Waals surface area contributed by atoms with Crippen molar-refractivity contribution in [2.24, 2.45) is 0 Å². The van der Waals surface area contributed by atoms with E-state index in [9.17, 15) is 0 Å². The van der Waals surface area contributed by atoms with Crippen LogP contribution < -0.4 is 4.90 Å². The summed E-state index contributed by atoms with van der Waals surface area (Å²) in [5, 5.41) is 0. The number of hydrogen-bond acceptors (Lipinski definition) is 3. The molecule has 3 rings (SSSR count). The van der Waals surface area contributed by atoms with Crippen molar-refractivity contribution in [2.75, 3.05) is 24.5 Å². The number of nitrogens with zero attached hydrogens (tertiary/aromatic N) is 3. The van der Waals surface area contributed by atoms with Gasteiger partial charge in [0.15, 0.2) is 0 Å². The molecule has 0 aromatic carbocycles. The monoisotopic (exact) mass is 287 g/mol. The molecule has 1 atom stereocenters. The third-order valence-corrected chi connectivity index (χ3v) is 5.11. The van der Waals surface area contributed by atoms with Gasteiger partial charge in [-0.25, -0.2) is 4.98 Å². The van der Waals surface area contributed by atoms with Gasteiger partial charge < -0.3 is 4.90 Å². The van der Waals surface area contributed by atoms with Crippen LogP contribution in [0.3, 0.4) is 0 Å². The molecule has 3 heterocycles. The molecule has 1 aromatic heterocycles. The van der Waals surface area contributed by atoms with E-state index in [1.54, 1.807) is 0 Å². The molecule has 2 saturated heterocycles. The van der Waals surface area contributed by atoms with Crippen molar-refractivity contribution in [3.05, 3.63) is 23.4 Å². The van der Waals surface area contributed by atoms with Crippen molar-refractivity contribution in [2.45, 2.75) is 65.0 Å². The first-order valence-electron chi connectivity index (χ1n) is 8.65. The molecule has 0 amide bonds. The average molecular weight is 287 g/mol. The van der Waals surface area contributed by atoms with E-state index in [4.69, 9.17) is 4.98 Å². The topological polar surface area (TPSA) is 19.4 Å². The van der Waals surface area contributed by atoms with Crippen LogP contribution in [0.25, 0.3) is 0 Å². The Bertz CT molecular complexity index is 477. The van der Waals surface area contributed by atoms with Gasteiger partial charge in [0.25, 0.3) is 0 Å². The summed E-state index contributed by atoms with van der Waals surface area (Å²) in [6, 6.07) is 5.80. The maximum atomic E-state index is 4.93. The SMILES string of the molecule is Cc1nc(N2CCCCC2)ccc1[C@H]1CCCN1C(C)C. The smallest absolute Gasteiger partial charge is 0.128 e. The molecule has 3 nitrogen and oxygen atoms in total. The third-order valence-electron chi connectivity index (χ3n) is 5.11. The summed E-state index contributed by atoms with van der Waals surface area (Å²) in [6.45, 7) is 10.4. The molecule has 2 aliphatic heterocycles. The number of aromatic nitrogens is 1. The van der Waals surface area contributed by atoms with E-state index >= 15 is 0 Å². The van der Waals surface area contributed by atoms with E-state index in [0.717, 1.165) is 0 Å². The van der Waals surface area contributed by atoms with Crippen molar-refractivity contribution in [3.63, 3.8) is 0 Å². The standard InChI is InChI=1S/C18H29N3/c1-14(2)21-13-7-8-17(21)16-9-10-18(19-15(16)3)20-11-5-4-6-12-20/h9-10,14,17H,4-8,11-13H2,1-3H3/t17-/m1/s1. The van der Waals surface area contributed by atoms with Gasteiger partial charge in [0.2, 0.25) is 0 Å². The molecule has 2 aliphatic rings. The fourth-order valence-electron chi connectivity index (χ4n) is 3.95. The summed E-state index contributed by atoms with van der Waals surface area (Å²) >= 11 is 0. The number of rotatable bonds is 3. The normalized spacial score (nSPS) is 24.0. The molecule has 116 valence electrons. The molecule has 0 N–H and O–H groups in total. The van der Waals surface area contributed by atoms with Gasteiger partial charge in [-0.1, -0.05) is 6.07 Å². The van der Waals surface area contributed by atoms with E-state index in [0.29, 0.717) is 12.1 Å². The van der Waals surface area contributed by atoms with Crippen LogP contribution in [-0.2, 0) is 0 Å². The van der Waals surface area contributed by atoms with Gasteiger partial charge in [-0.05, 0) is 71.0 Å². The lowest BCUT2D eigenvalue weighted by molar-refractivity contribution is 0.204. The van der Waals surface area contributed by atoms with Gasteiger partial charge in [-0.15, -0.1) is 0 Å². The Balaban J connectivity index is 1.80. The van der Waals surface area contributed by atoms with Gasteiger partial charge in [0.1, 0.15) is 5.82 Å². The molecule has 3 heteroatoms. The van der Waals surface area contributed by atoms with E-state index in [2.05, 4.69) is 42.7 Å². The predicted octanol–water partition coefficient (Wildman–Crippen LogP) is 3.93. The summed E-state index contributed by atoms with van der Waals surface area (Å²) in [5.74, 6) is 1.19. The van der Waals surface area contributed by atoms with Gasteiger partial charge >= 0.3 is 0 Å². The summed E-state index contributed by atoms with van der Waals surface area (Å²) in [4.78, 5) is 10.0. The fraction of sp³-hybridized carbons (Fsp3) is 0.722. The van der Waals surface area contributed by atoms with Crippen LogP contribution in [0.4, 0.5) is 5.82 Å². The lowest BCUT2D eigenvalue weighted by Crippen LogP contribution is -2.32. The molecule has 21 heavy (non-hydrogen) atoms. The quantitative estimate of drug-likeness (QED) is 0.840. The van der Waals surface area contributed by atoms with Gasteiger partial charge in [0, 0.05) is 30.9 Å². The zero-order valence-corrected chi connectivity index (χ0v) is 13.8. The Morgan fingerprint density at radius 1 is 1.05 bits per heavy atom. The van der Waals surface area contributed by atoms with Crippen LogP contribution in [0.1, 0.15) is 63.3 Å². The lowest BCUT2D eigenvalue weighted by atomic mass is 10.0. The van der Waals surface area contributed by atoms with Crippen LogP contribution in [0.2, 0.25) is 0 Å². The molecule has 0 spiro atoms. The van der Waals surface area contributed by atoms with Gasteiger partial charge in [-0.3, -0.25) is 4.90 Å². The first kappa shape index (κ1) is 14.8. The second-order valence-electron chi connectivity index (χ2n) is 6.88. The first-order chi connectivity index (χ1) is 10.2. The van der Waals surface area contributed by atoms with Gasteiger partial charge in [0.05, 0.1) is 0 Å². The number of piperidine rings is 1. The lowest BCUT2D eigenvalue weighted by Gasteiger charge is -2.31. The van der Waals surface area contributed by atoms with Crippen LogP contribution in [0.5, 0.6) is 0 Å². The average Bonchev–Trinajstić information content (AvgIpc) is 2.97. The Morgan fingerprint density at radius 3 is 2.48 bits per heavy atom. The highest BCUT2D eigenvalue weighted by Crippen LogP contribution is 2.35. The van der Waals surface area contributed by atoms with Crippen molar-refractivity contribution in [1.82, 2.24) is 9.88 Å². The van der Waals surface area contributed by atoms with Crippen LogP contribution in [-0.4, -0.2) is 35.6 Å². The molecule has 1 aromatic rings. The molecule has 0 bridgehead atoms. The minimum Gasteiger partial charge on any atom is -0.357 e. The van der Waals surface area contributed by atoms with Crippen molar-refractivity contribution < 1.29 is 0 Å². The largest absolute Gasteiger partial charge is 0.357 e. The minimum absolute atomic E-state index is 0.577. The second-order valence-corrected chi connectivity index (χ2v) is 6.88. The number of pyridine rings is 1. The molecule has 0 saturated carbocycles. The number of likely N-dealkylation sites (tertiary alicyclic amines) is 1. The number of aryl methyl sites for hydroxylation is 1. The highest BCUT2D eigenvalue weighted by atomic mass is 15.2. The molecular formula is C18H29N3. The van der Waals surface area contributed by atoms with Crippen molar-refractivity contribution in [1.29, 1.82) is 0 Å². The zero-order valence-electron chi connectivity index (χ0n) is 13.8. The Labute approximate surface area is 129 Å². The van der Waals surface area contributed by atoms with Crippen LogP contribution in [0, 0.1) is 6.92 Å². The first-order valence-corrected chi connectivity index (χ1v) is 8.65. The molecule has 0 radical (unpaired) electrons. The highest BCUT2D eigenvalue weighted by molar-refractivity contribution is 5.43. The van der Waals surface area contributed by atoms with Gasteiger partial charge in [-0.2, -0.15) is 0 Å². The molecule has 0 unspecified atom stereocenters. The minimum atomic E-state index is 0.577. The summed E-state index contributed by atoms with van der Waals surface area (Å²) in [7, 11) is 0. The highest BCUT2D eigenvalue weighted by Gasteiger charge is 2.29. The zero-order chi connectivity index (χ0) is 14.8. The maximum absolute atomic E-state index is 4.93. The maximum Gasteiger partial charge on any atom is 0.128 e. The van der Waals surface area contributed by atoms with Crippen LogP contribution in [0.15, 0.2) is 12.1 Å². The van der Waals surface area contributed by atoms with Crippen LogP contribution >= 0.6 is 0 Å². The predicted molar refractivity (Wildman–Crippen MR) is 88.9 cm³/mol. The summed E-state index contributed by atoms with van der Waals surface area (Å²) in [6.07, 6.45) is 6.59. The second kappa shape index (κ2) is 6.35. The van der Waals surface area contributed by atoms with E-state index < -0.39 is 0 Å². The Morgan fingerprint density at radius 2 is 1.81 bits per heavy atom. The summed E-state index contributed by atoms with van der Waals surface area (Å²) < 4.78 is 0. The Kier molecular flexibility index (Phi) is 4.48. The number of hydrogen-bond donors (Lipinski definition) is 0. The fourth-order valence-corrected chi connectivity index (χ4v) is 3.95.